The van der Waals surface area contributed by atoms with Gasteiger partial charge in [-0.05, 0) is 60.7 Å². The Hall–Kier alpha value is -0.680. The topological polar surface area (TPSA) is 12.0 Å². The largest absolute Gasteiger partial charge is 0.446 e. The third-order valence-electron chi connectivity index (χ3n) is 3.38. The maximum absolute atomic E-state index is 12.2. The minimum absolute atomic E-state index is 0.0700. The summed E-state index contributed by atoms with van der Waals surface area (Å²) in [5.41, 5.74) is -3.19. The van der Waals surface area contributed by atoms with Crippen molar-refractivity contribution in [2.75, 3.05) is 6.54 Å². The monoisotopic (exact) mass is 289 g/mol. The first-order valence-electron chi connectivity index (χ1n) is 6.49. The predicted octanol–water partition coefficient (Wildman–Crippen LogP) is 4.43. The zero-order valence-corrected chi connectivity index (χ0v) is 11.7. The van der Waals surface area contributed by atoms with Crippen LogP contribution in [-0.4, -0.2) is 12.1 Å². The molecule has 1 atom stereocenters. The highest BCUT2D eigenvalue weighted by Crippen LogP contribution is 2.37. The van der Waals surface area contributed by atoms with Gasteiger partial charge in [0.05, 0.1) is 0 Å². The average Bonchev–Trinajstić information content (AvgIpc) is 3.13. The van der Waals surface area contributed by atoms with Gasteiger partial charge in [0.25, 0.3) is 0 Å². The van der Waals surface area contributed by atoms with Crippen molar-refractivity contribution in [3.8, 4) is 0 Å². The van der Waals surface area contributed by atoms with Crippen molar-refractivity contribution in [2.24, 2.45) is 11.8 Å². The number of rotatable bonds is 6. The van der Waals surface area contributed by atoms with Gasteiger partial charge in [-0.1, -0.05) is 19.1 Å². The molecule has 0 heterocycles. The molecular weight excluding hydrogens is 271 g/mol. The zero-order valence-electron chi connectivity index (χ0n) is 10.8. The van der Waals surface area contributed by atoms with Crippen LogP contribution in [-0.2, 0) is 6.54 Å². The lowest BCUT2D eigenvalue weighted by Crippen LogP contribution is -2.21. The van der Waals surface area contributed by atoms with Gasteiger partial charge in [-0.25, -0.2) is 0 Å². The maximum atomic E-state index is 12.2. The number of alkyl halides is 3. The third kappa shape index (κ3) is 5.45. The zero-order chi connectivity index (χ0) is 13.9. The molecule has 19 heavy (non-hydrogen) atoms. The standard InChI is InChI=1S/C14H18F3NS/c1-10(12-4-5-12)8-18-9-11-2-6-13(7-3-11)19-14(15,16)17/h2-3,6-7,10,12,18H,4-5,8-9H2,1H3. The lowest BCUT2D eigenvalue weighted by Gasteiger charge is -2.11. The van der Waals surface area contributed by atoms with Gasteiger partial charge in [0, 0.05) is 11.4 Å². The first-order valence-corrected chi connectivity index (χ1v) is 7.31. The molecule has 1 fully saturated rings. The van der Waals surface area contributed by atoms with E-state index >= 15 is 0 Å². The average molecular weight is 289 g/mol. The van der Waals surface area contributed by atoms with Crippen LogP contribution in [0.2, 0.25) is 0 Å². The molecule has 1 unspecified atom stereocenters. The Morgan fingerprint density at radius 3 is 2.42 bits per heavy atom. The third-order valence-corrected chi connectivity index (χ3v) is 4.12. The van der Waals surface area contributed by atoms with E-state index in [0.29, 0.717) is 12.5 Å². The summed E-state index contributed by atoms with van der Waals surface area (Å²) in [4.78, 5) is 0.239. The summed E-state index contributed by atoms with van der Waals surface area (Å²) in [7, 11) is 0. The summed E-state index contributed by atoms with van der Waals surface area (Å²) in [6.45, 7) is 3.94. The minimum Gasteiger partial charge on any atom is -0.312 e. The number of thioether (sulfide) groups is 1. The maximum Gasteiger partial charge on any atom is 0.446 e. The van der Waals surface area contributed by atoms with Gasteiger partial charge in [-0.3, -0.25) is 0 Å². The van der Waals surface area contributed by atoms with Crippen LogP contribution in [0.25, 0.3) is 0 Å². The van der Waals surface area contributed by atoms with E-state index in [-0.39, 0.29) is 16.7 Å². The number of hydrogen-bond acceptors (Lipinski definition) is 2. The summed E-state index contributed by atoms with van der Waals surface area (Å²) in [6, 6.07) is 6.56. The van der Waals surface area contributed by atoms with Crippen molar-refractivity contribution in [2.45, 2.75) is 36.7 Å². The van der Waals surface area contributed by atoms with Gasteiger partial charge < -0.3 is 5.32 Å². The molecule has 1 nitrogen and oxygen atoms in total. The molecule has 1 saturated carbocycles. The van der Waals surface area contributed by atoms with Crippen LogP contribution in [0.4, 0.5) is 13.2 Å². The quantitative estimate of drug-likeness (QED) is 0.777. The molecule has 0 saturated heterocycles. The van der Waals surface area contributed by atoms with Crippen LogP contribution >= 0.6 is 11.8 Å². The number of benzene rings is 1. The Balaban J connectivity index is 1.75. The van der Waals surface area contributed by atoms with Crippen molar-refractivity contribution < 1.29 is 13.2 Å². The number of hydrogen-bond donors (Lipinski definition) is 1. The van der Waals surface area contributed by atoms with E-state index in [1.807, 2.05) is 0 Å². The summed E-state index contributed by atoms with van der Waals surface area (Å²) >= 11 is -0.0700. The molecule has 0 bridgehead atoms. The second-order valence-corrected chi connectivity index (χ2v) is 6.28. The molecule has 0 aromatic heterocycles. The van der Waals surface area contributed by atoms with E-state index in [4.69, 9.17) is 0 Å². The fourth-order valence-electron chi connectivity index (χ4n) is 2.09. The number of halogens is 3. The van der Waals surface area contributed by atoms with Crippen LogP contribution in [0.3, 0.4) is 0 Å². The lowest BCUT2D eigenvalue weighted by molar-refractivity contribution is -0.0328. The first kappa shape index (κ1) is 14.7. The SMILES string of the molecule is CC(CNCc1ccc(SC(F)(F)F)cc1)C1CC1. The fourth-order valence-corrected chi connectivity index (χ4v) is 2.62. The van der Waals surface area contributed by atoms with E-state index in [9.17, 15) is 13.2 Å². The van der Waals surface area contributed by atoms with Crippen molar-refractivity contribution in [3.63, 3.8) is 0 Å². The van der Waals surface area contributed by atoms with E-state index < -0.39 is 5.51 Å². The molecule has 106 valence electrons. The highest BCUT2D eigenvalue weighted by molar-refractivity contribution is 8.00. The van der Waals surface area contributed by atoms with Gasteiger partial charge in [-0.15, -0.1) is 0 Å². The Labute approximate surface area is 116 Å². The van der Waals surface area contributed by atoms with E-state index in [2.05, 4.69) is 12.2 Å². The van der Waals surface area contributed by atoms with Crippen molar-refractivity contribution in [1.29, 1.82) is 0 Å². The molecular formula is C14H18F3NS. The smallest absolute Gasteiger partial charge is 0.312 e. The summed E-state index contributed by atoms with van der Waals surface area (Å²) < 4.78 is 36.5. The molecule has 1 N–H and O–H groups in total. The molecule has 0 spiro atoms. The molecule has 2 rings (SSSR count). The van der Waals surface area contributed by atoms with Crippen LogP contribution in [0.5, 0.6) is 0 Å². The fraction of sp³-hybridized carbons (Fsp3) is 0.571. The molecule has 0 amide bonds. The Bertz CT molecular complexity index is 398. The second kappa shape index (κ2) is 6.18. The normalized spacial score (nSPS) is 17.5. The van der Waals surface area contributed by atoms with Crippen molar-refractivity contribution >= 4 is 11.8 Å². The predicted molar refractivity (Wildman–Crippen MR) is 71.9 cm³/mol. The molecule has 5 heteroatoms. The second-order valence-electron chi connectivity index (χ2n) is 5.14. The van der Waals surface area contributed by atoms with Crippen molar-refractivity contribution in [3.05, 3.63) is 29.8 Å². The van der Waals surface area contributed by atoms with E-state index in [0.717, 1.165) is 18.0 Å². The van der Waals surface area contributed by atoms with Crippen LogP contribution < -0.4 is 5.32 Å². The summed E-state index contributed by atoms with van der Waals surface area (Å²) in [5.74, 6) is 1.57. The molecule has 1 aromatic carbocycles. The van der Waals surface area contributed by atoms with Gasteiger partial charge in [0.1, 0.15) is 0 Å². The van der Waals surface area contributed by atoms with Gasteiger partial charge >= 0.3 is 5.51 Å². The molecule has 0 aliphatic heterocycles. The van der Waals surface area contributed by atoms with Crippen LogP contribution in [0.15, 0.2) is 29.2 Å². The van der Waals surface area contributed by atoms with Gasteiger partial charge in [0.2, 0.25) is 0 Å². The van der Waals surface area contributed by atoms with Crippen LogP contribution in [0.1, 0.15) is 25.3 Å². The summed E-state index contributed by atoms with van der Waals surface area (Å²) in [5, 5.41) is 3.36. The highest BCUT2D eigenvalue weighted by atomic mass is 32.2. The Morgan fingerprint density at radius 2 is 1.89 bits per heavy atom. The van der Waals surface area contributed by atoms with E-state index in [1.165, 1.54) is 25.0 Å². The van der Waals surface area contributed by atoms with Crippen LogP contribution in [0, 0.1) is 11.8 Å². The molecule has 1 aliphatic carbocycles. The number of nitrogens with one attached hydrogen (secondary N) is 1. The molecule has 1 aliphatic rings. The Kier molecular flexibility index (Phi) is 4.79. The van der Waals surface area contributed by atoms with Gasteiger partial charge in [-0.2, -0.15) is 13.2 Å². The highest BCUT2D eigenvalue weighted by Gasteiger charge is 2.29. The first-order chi connectivity index (χ1) is 8.94. The minimum atomic E-state index is -4.21. The lowest BCUT2D eigenvalue weighted by atomic mass is 10.1. The molecule has 0 radical (unpaired) electrons. The van der Waals surface area contributed by atoms with Gasteiger partial charge in [0.15, 0.2) is 0 Å². The molecule has 1 aromatic rings. The van der Waals surface area contributed by atoms with E-state index in [1.54, 1.807) is 12.1 Å². The summed E-state index contributed by atoms with van der Waals surface area (Å²) in [6.07, 6.45) is 2.68. The van der Waals surface area contributed by atoms with Crippen molar-refractivity contribution in [1.82, 2.24) is 5.32 Å². The Morgan fingerprint density at radius 1 is 1.26 bits per heavy atom.